The minimum Gasteiger partial charge on any atom is -0.387 e. The molecule has 6 nitrogen and oxygen atoms in total. The van der Waals surface area contributed by atoms with E-state index in [2.05, 4.69) is 22.3 Å². The van der Waals surface area contributed by atoms with Gasteiger partial charge in [-0.2, -0.15) is 0 Å². The second kappa shape index (κ2) is 3.26. The van der Waals surface area contributed by atoms with Gasteiger partial charge in [-0.25, -0.2) is 9.67 Å². The average Bonchev–Trinajstić information content (AvgIpc) is 2.34. The highest BCUT2D eigenvalue weighted by Crippen LogP contribution is 1.88. The number of amides is 1. The Morgan fingerprint density at radius 1 is 1.67 bits per heavy atom. The number of primary amides is 1. The van der Waals surface area contributed by atoms with Gasteiger partial charge in [-0.05, 0) is 0 Å². The Labute approximate surface area is 73.6 Å². The van der Waals surface area contributed by atoms with Crippen molar-refractivity contribution in [2.45, 2.75) is 6.54 Å². The first-order valence-electron chi connectivity index (χ1n) is 3.07. The van der Waals surface area contributed by atoms with Gasteiger partial charge in [0.2, 0.25) is 11.7 Å². The van der Waals surface area contributed by atoms with E-state index in [0.29, 0.717) is 0 Å². The van der Waals surface area contributed by atoms with Gasteiger partial charge in [-0.3, -0.25) is 4.79 Å². The molecular weight excluding hydrogens is 178 g/mol. The first-order chi connectivity index (χ1) is 5.59. The zero-order valence-corrected chi connectivity index (χ0v) is 6.91. The van der Waals surface area contributed by atoms with E-state index in [1.165, 1.54) is 11.0 Å². The lowest BCUT2D eigenvalue weighted by atomic mass is 10.6. The Balaban J connectivity index is 2.77. The first kappa shape index (κ1) is 8.60. The van der Waals surface area contributed by atoms with Gasteiger partial charge in [0.25, 0.3) is 0 Å². The van der Waals surface area contributed by atoms with Crippen LogP contribution in [0.1, 0.15) is 5.82 Å². The van der Waals surface area contributed by atoms with E-state index in [9.17, 15) is 4.79 Å². The molecule has 0 bridgehead atoms. The fourth-order valence-electron chi connectivity index (χ4n) is 0.643. The smallest absolute Gasteiger partial charge is 0.239 e. The van der Waals surface area contributed by atoms with Crippen LogP contribution in [0.4, 0.5) is 0 Å². The van der Waals surface area contributed by atoms with Crippen LogP contribution < -0.4 is 11.5 Å². The minimum atomic E-state index is -0.491. The predicted octanol–water partition coefficient (Wildman–Crippen LogP) is -1.60. The molecule has 1 amide bonds. The van der Waals surface area contributed by atoms with Crippen molar-refractivity contribution in [2.24, 2.45) is 11.5 Å². The molecule has 1 aromatic heterocycles. The summed E-state index contributed by atoms with van der Waals surface area (Å²) in [4.78, 5) is 14.3. The maximum Gasteiger partial charge on any atom is 0.239 e. The van der Waals surface area contributed by atoms with Crippen molar-refractivity contribution in [1.82, 2.24) is 14.8 Å². The van der Waals surface area contributed by atoms with Gasteiger partial charge in [0.1, 0.15) is 17.9 Å². The molecule has 0 atom stereocenters. The predicted molar refractivity (Wildman–Crippen MR) is 45.1 cm³/mol. The van der Waals surface area contributed by atoms with Crippen LogP contribution >= 0.6 is 12.2 Å². The maximum atomic E-state index is 10.4. The largest absolute Gasteiger partial charge is 0.387 e. The van der Waals surface area contributed by atoms with E-state index in [-0.39, 0.29) is 17.4 Å². The SMILES string of the molecule is NC(=O)Cn1cnc(C(N)=S)n1. The van der Waals surface area contributed by atoms with Gasteiger partial charge in [0, 0.05) is 0 Å². The van der Waals surface area contributed by atoms with Crippen molar-refractivity contribution in [3.05, 3.63) is 12.2 Å². The molecule has 4 N–H and O–H groups in total. The molecule has 1 aromatic rings. The molecule has 0 aliphatic carbocycles. The van der Waals surface area contributed by atoms with Crippen LogP contribution in [0.25, 0.3) is 0 Å². The Bertz CT molecular complexity index is 319. The number of nitrogens with zero attached hydrogens (tertiary/aromatic N) is 3. The van der Waals surface area contributed by atoms with E-state index < -0.39 is 5.91 Å². The van der Waals surface area contributed by atoms with Gasteiger partial charge in [-0.15, -0.1) is 5.10 Å². The summed E-state index contributed by atoms with van der Waals surface area (Å²) in [7, 11) is 0. The van der Waals surface area contributed by atoms with Gasteiger partial charge >= 0.3 is 0 Å². The van der Waals surface area contributed by atoms with Crippen LogP contribution in [0, 0.1) is 0 Å². The number of nitrogens with two attached hydrogens (primary N) is 2. The number of aromatic nitrogens is 3. The fraction of sp³-hybridized carbons (Fsp3) is 0.200. The third-order valence-electron chi connectivity index (χ3n) is 1.07. The summed E-state index contributed by atoms with van der Waals surface area (Å²) < 4.78 is 1.27. The zero-order chi connectivity index (χ0) is 9.14. The van der Waals surface area contributed by atoms with Crippen molar-refractivity contribution in [3.63, 3.8) is 0 Å². The van der Waals surface area contributed by atoms with E-state index in [1.54, 1.807) is 0 Å². The van der Waals surface area contributed by atoms with Gasteiger partial charge in [0.05, 0.1) is 0 Å². The molecule has 0 aliphatic rings. The third-order valence-corrected chi connectivity index (χ3v) is 1.26. The summed E-state index contributed by atoms with van der Waals surface area (Å²) in [5.41, 5.74) is 10.2. The molecule has 0 spiro atoms. The number of carbonyl (C=O) groups excluding carboxylic acids is 1. The van der Waals surface area contributed by atoms with Gasteiger partial charge < -0.3 is 11.5 Å². The number of thiocarbonyl (C=S) groups is 1. The molecule has 0 fully saturated rings. The second-order valence-corrected chi connectivity index (χ2v) is 2.54. The molecule has 0 saturated carbocycles. The first-order valence-corrected chi connectivity index (χ1v) is 3.48. The molecule has 7 heteroatoms. The minimum absolute atomic E-state index is 0.0182. The normalized spacial score (nSPS) is 9.67. The Morgan fingerprint density at radius 2 is 2.33 bits per heavy atom. The molecule has 0 radical (unpaired) electrons. The molecule has 64 valence electrons. The molecule has 0 aromatic carbocycles. The van der Waals surface area contributed by atoms with Gasteiger partial charge in [-0.1, -0.05) is 12.2 Å². The van der Waals surface area contributed by atoms with Crippen molar-refractivity contribution >= 4 is 23.1 Å². The molecule has 1 rings (SSSR count). The molecule has 1 heterocycles. The van der Waals surface area contributed by atoms with Crippen LogP contribution in [-0.2, 0) is 11.3 Å². The number of hydrogen-bond donors (Lipinski definition) is 2. The highest BCUT2D eigenvalue weighted by Gasteiger charge is 2.04. The van der Waals surface area contributed by atoms with E-state index in [4.69, 9.17) is 11.5 Å². The van der Waals surface area contributed by atoms with Crippen LogP contribution in [0.2, 0.25) is 0 Å². The van der Waals surface area contributed by atoms with Crippen molar-refractivity contribution in [2.75, 3.05) is 0 Å². The molecule has 0 unspecified atom stereocenters. The summed E-state index contributed by atoms with van der Waals surface area (Å²) in [5.74, 6) is -0.249. The average molecular weight is 185 g/mol. The molecular formula is C5H7N5OS. The summed E-state index contributed by atoms with van der Waals surface area (Å²) in [5, 5.41) is 3.79. The van der Waals surface area contributed by atoms with Crippen LogP contribution in [0.3, 0.4) is 0 Å². The highest BCUT2D eigenvalue weighted by molar-refractivity contribution is 7.80. The zero-order valence-electron chi connectivity index (χ0n) is 6.10. The highest BCUT2D eigenvalue weighted by atomic mass is 32.1. The quantitative estimate of drug-likeness (QED) is 0.552. The summed E-state index contributed by atoms with van der Waals surface area (Å²) in [6.07, 6.45) is 1.35. The summed E-state index contributed by atoms with van der Waals surface area (Å²) >= 11 is 4.61. The van der Waals surface area contributed by atoms with E-state index in [0.717, 1.165) is 0 Å². The Hall–Kier alpha value is -1.50. The van der Waals surface area contributed by atoms with E-state index in [1.807, 2.05) is 0 Å². The van der Waals surface area contributed by atoms with Crippen LogP contribution in [-0.4, -0.2) is 25.7 Å². The van der Waals surface area contributed by atoms with Gasteiger partial charge in [0.15, 0.2) is 0 Å². The fourth-order valence-corrected chi connectivity index (χ4v) is 0.737. The lowest BCUT2D eigenvalue weighted by Gasteiger charge is -1.92. The lowest BCUT2D eigenvalue weighted by molar-refractivity contribution is -0.118. The summed E-state index contributed by atoms with van der Waals surface area (Å²) in [6, 6.07) is 0. The lowest BCUT2D eigenvalue weighted by Crippen LogP contribution is -2.19. The van der Waals surface area contributed by atoms with E-state index >= 15 is 0 Å². The van der Waals surface area contributed by atoms with Crippen molar-refractivity contribution in [3.8, 4) is 0 Å². The number of carbonyl (C=O) groups is 1. The standard InChI is InChI=1S/C5H7N5OS/c6-3(11)1-10-2-8-5(9-10)4(7)12/h2H,1H2,(H2,6,11)(H2,7,12). The number of rotatable bonds is 3. The van der Waals surface area contributed by atoms with Crippen LogP contribution in [0.5, 0.6) is 0 Å². The Kier molecular flexibility index (Phi) is 2.34. The number of hydrogen-bond acceptors (Lipinski definition) is 4. The second-order valence-electron chi connectivity index (χ2n) is 2.10. The molecule has 0 saturated heterocycles. The van der Waals surface area contributed by atoms with Crippen molar-refractivity contribution in [1.29, 1.82) is 0 Å². The summed E-state index contributed by atoms with van der Waals surface area (Å²) in [6.45, 7) is -0.0182. The third kappa shape index (κ3) is 1.99. The maximum absolute atomic E-state index is 10.4. The topological polar surface area (TPSA) is 99.8 Å². The van der Waals surface area contributed by atoms with Crippen LogP contribution in [0.15, 0.2) is 6.33 Å². The Morgan fingerprint density at radius 3 is 2.75 bits per heavy atom. The monoisotopic (exact) mass is 185 g/mol. The van der Waals surface area contributed by atoms with Crippen molar-refractivity contribution < 1.29 is 4.79 Å². The molecule has 0 aliphatic heterocycles. The molecule has 12 heavy (non-hydrogen) atoms.